The van der Waals surface area contributed by atoms with Gasteiger partial charge in [-0.2, -0.15) is 0 Å². The van der Waals surface area contributed by atoms with E-state index in [0.717, 1.165) is 5.56 Å². The number of hydrogen-bond donors (Lipinski definition) is 1. The van der Waals surface area contributed by atoms with E-state index in [0.29, 0.717) is 5.39 Å². The van der Waals surface area contributed by atoms with E-state index >= 15 is 0 Å². The second kappa shape index (κ2) is 5.81. The highest BCUT2D eigenvalue weighted by molar-refractivity contribution is 5.87. The van der Waals surface area contributed by atoms with Gasteiger partial charge in [0.1, 0.15) is 6.61 Å². The van der Waals surface area contributed by atoms with Gasteiger partial charge < -0.3 is 19.0 Å². The van der Waals surface area contributed by atoms with Gasteiger partial charge in [0.25, 0.3) is 0 Å². The number of phenolic OH excluding ortho intramolecular Hbond substituents is 1. The quantitative estimate of drug-likeness (QED) is 0.750. The average Bonchev–Trinajstić information content (AvgIpc) is 2.54. The fourth-order valence-corrected chi connectivity index (χ4v) is 2.17. The van der Waals surface area contributed by atoms with Gasteiger partial charge in [-0.1, -0.05) is 30.3 Å². The van der Waals surface area contributed by atoms with Gasteiger partial charge in [-0.25, -0.2) is 4.79 Å². The first kappa shape index (κ1) is 14.0. The fourth-order valence-electron chi connectivity index (χ4n) is 2.17. The number of fused-ring (bicyclic) bond motifs is 1. The molecule has 1 aromatic heterocycles. The molecular formula is C17H14O5. The van der Waals surface area contributed by atoms with E-state index < -0.39 is 5.63 Å². The Kier molecular flexibility index (Phi) is 3.70. The van der Waals surface area contributed by atoms with Gasteiger partial charge in [0, 0.05) is 11.5 Å². The van der Waals surface area contributed by atoms with Crippen LogP contribution in [-0.4, -0.2) is 12.2 Å². The van der Waals surface area contributed by atoms with E-state index in [4.69, 9.17) is 13.9 Å². The summed E-state index contributed by atoms with van der Waals surface area (Å²) in [6.45, 7) is 0.231. The third kappa shape index (κ3) is 2.61. The minimum Gasteiger partial charge on any atom is -0.502 e. The van der Waals surface area contributed by atoms with Crippen LogP contribution in [0.3, 0.4) is 0 Å². The van der Waals surface area contributed by atoms with Crippen LogP contribution in [0.4, 0.5) is 0 Å². The summed E-state index contributed by atoms with van der Waals surface area (Å²) < 4.78 is 16.0. The monoisotopic (exact) mass is 298 g/mol. The zero-order valence-corrected chi connectivity index (χ0v) is 11.9. The number of methoxy groups -OCH3 is 1. The molecule has 0 aliphatic heterocycles. The van der Waals surface area contributed by atoms with Crippen molar-refractivity contribution in [2.75, 3.05) is 7.11 Å². The maximum Gasteiger partial charge on any atom is 0.336 e. The Morgan fingerprint density at radius 1 is 1.14 bits per heavy atom. The summed E-state index contributed by atoms with van der Waals surface area (Å²) in [6, 6.07) is 14.0. The first-order valence-corrected chi connectivity index (χ1v) is 6.69. The molecule has 2 aromatic carbocycles. The van der Waals surface area contributed by atoms with Gasteiger partial charge in [-0.3, -0.25) is 0 Å². The van der Waals surface area contributed by atoms with E-state index in [9.17, 15) is 9.90 Å². The molecule has 0 saturated heterocycles. The number of aromatic hydroxyl groups is 1. The Morgan fingerprint density at radius 2 is 1.91 bits per heavy atom. The molecule has 0 bridgehead atoms. The highest BCUT2D eigenvalue weighted by Crippen LogP contribution is 2.42. The van der Waals surface area contributed by atoms with Crippen molar-refractivity contribution in [3.05, 3.63) is 64.5 Å². The van der Waals surface area contributed by atoms with E-state index in [1.807, 2.05) is 30.3 Å². The van der Waals surface area contributed by atoms with Crippen LogP contribution in [0.25, 0.3) is 11.0 Å². The SMILES string of the molecule is COc1cc2ccc(=O)oc2c(OCc2ccccc2)c1O. The van der Waals surface area contributed by atoms with Crippen LogP contribution in [0.2, 0.25) is 0 Å². The van der Waals surface area contributed by atoms with Crippen molar-refractivity contribution < 1.29 is 19.0 Å². The lowest BCUT2D eigenvalue weighted by atomic mass is 10.2. The normalized spacial score (nSPS) is 10.6. The van der Waals surface area contributed by atoms with Gasteiger partial charge >= 0.3 is 5.63 Å². The largest absolute Gasteiger partial charge is 0.502 e. The Bertz CT molecular complexity index is 852. The summed E-state index contributed by atoms with van der Waals surface area (Å²) in [5, 5.41) is 10.9. The third-order valence-electron chi connectivity index (χ3n) is 3.25. The Hall–Kier alpha value is -2.95. The lowest BCUT2D eigenvalue weighted by Gasteiger charge is -2.12. The average molecular weight is 298 g/mol. The molecule has 112 valence electrons. The number of hydrogen-bond acceptors (Lipinski definition) is 5. The van der Waals surface area contributed by atoms with Gasteiger partial charge in [-0.15, -0.1) is 0 Å². The van der Waals surface area contributed by atoms with Crippen LogP contribution in [0.1, 0.15) is 5.56 Å². The molecule has 3 aromatic rings. The molecule has 0 radical (unpaired) electrons. The van der Waals surface area contributed by atoms with Crippen molar-refractivity contribution in [1.29, 1.82) is 0 Å². The number of phenols is 1. The molecule has 0 aliphatic rings. The lowest BCUT2D eigenvalue weighted by molar-refractivity contribution is 0.280. The van der Waals surface area contributed by atoms with E-state index in [1.165, 1.54) is 13.2 Å². The minimum absolute atomic E-state index is 0.0934. The molecule has 1 N–H and O–H groups in total. The Labute approximate surface area is 126 Å². The van der Waals surface area contributed by atoms with Gasteiger partial charge in [0.05, 0.1) is 7.11 Å². The molecule has 22 heavy (non-hydrogen) atoms. The van der Waals surface area contributed by atoms with Crippen molar-refractivity contribution in [2.24, 2.45) is 0 Å². The third-order valence-corrected chi connectivity index (χ3v) is 3.25. The molecule has 5 heteroatoms. The van der Waals surface area contributed by atoms with Crippen LogP contribution in [0.5, 0.6) is 17.2 Å². The highest BCUT2D eigenvalue weighted by atomic mass is 16.5. The first-order valence-electron chi connectivity index (χ1n) is 6.69. The van der Waals surface area contributed by atoms with Gasteiger partial charge in [-0.05, 0) is 17.7 Å². The van der Waals surface area contributed by atoms with Crippen molar-refractivity contribution in [3.8, 4) is 17.2 Å². The van der Waals surface area contributed by atoms with E-state index in [2.05, 4.69) is 0 Å². The lowest BCUT2D eigenvalue weighted by Crippen LogP contribution is -2.00. The molecule has 0 aliphatic carbocycles. The van der Waals surface area contributed by atoms with Crippen LogP contribution in [0.15, 0.2) is 57.7 Å². The number of rotatable bonds is 4. The second-order valence-corrected chi connectivity index (χ2v) is 4.70. The molecule has 0 spiro atoms. The molecule has 0 amide bonds. The first-order chi connectivity index (χ1) is 10.7. The van der Waals surface area contributed by atoms with Gasteiger partial charge in [0.2, 0.25) is 11.5 Å². The topological polar surface area (TPSA) is 68.9 Å². The summed E-state index contributed by atoms with van der Waals surface area (Å²) in [6.07, 6.45) is 0. The predicted molar refractivity (Wildman–Crippen MR) is 81.5 cm³/mol. The smallest absolute Gasteiger partial charge is 0.336 e. The van der Waals surface area contributed by atoms with Crippen LogP contribution < -0.4 is 15.1 Å². The molecule has 0 fully saturated rings. The molecule has 0 atom stereocenters. The summed E-state index contributed by atoms with van der Waals surface area (Å²) in [5.41, 5.74) is 0.611. The Morgan fingerprint density at radius 3 is 2.64 bits per heavy atom. The molecule has 0 unspecified atom stereocenters. The molecule has 0 saturated carbocycles. The Balaban J connectivity index is 2.07. The zero-order valence-electron chi connectivity index (χ0n) is 11.9. The van der Waals surface area contributed by atoms with Gasteiger partial charge in [0.15, 0.2) is 11.3 Å². The predicted octanol–water partition coefficient (Wildman–Crippen LogP) is 3.09. The van der Waals surface area contributed by atoms with E-state index in [1.54, 1.807) is 12.1 Å². The second-order valence-electron chi connectivity index (χ2n) is 4.70. The van der Waals surface area contributed by atoms with Crippen LogP contribution in [-0.2, 0) is 6.61 Å². The van der Waals surface area contributed by atoms with E-state index in [-0.39, 0.29) is 29.4 Å². The number of ether oxygens (including phenoxy) is 2. The summed E-state index contributed by atoms with van der Waals surface area (Å²) in [4.78, 5) is 11.4. The van der Waals surface area contributed by atoms with Crippen molar-refractivity contribution in [3.63, 3.8) is 0 Å². The standard InChI is InChI=1S/C17H14O5/c1-20-13-9-12-7-8-14(18)22-16(12)17(15(13)19)21-10-11-5-3-2-4-6-11/h2-9,19H,10H2,1H3. The minimum atomic E-state index is -0.512. The maximum atomic E-state index is 11.4. The highest BCUT2D eigenvalue weighted by Gasteiger charge is 2.17. The molecule has 3 rings (SSSR count). The summed E-state index contributed by atoms with van der Waals surface area (Å²) in [5.74, 6) is 0.153. The van der Waals surface area contributed by atoms with Crippen LogP contribution >= 0.6 is 0 Å². The summed E-state index contributed by atoms with van der Waals surface area (Å²) in [7, 11) is 1.45. The maximum absolute atomic E-state index is 11.4. The van der Waals surface area contributed by atoms with Crippen molar-refractivity contribution in [1.82, 2.24) is 0 Å². The molecule has 1 heterocycles. The van der Waals surface area contributed by atoms with Crippen molar-refractivity contribution >= 4 is 11.0 Å². The summed E-state index contributed by atoms with van der Waals surface area (Å²) >= 11 is 0. The van der Waals surface area contributed by atoms with Crippen molar-refractivity contribution in [2.45, 2.75) is 6.61 Å². The van der Waals surface area contributed by atoms with Crippen LogP contribution in [0, 0.1) is 0 Å². The number of benzene rings is 2. The fraction of sp³-hybridized carbons (Fsp3) is 0.118. The zero-order chi connectivity index (χ0) is 15.5. The molecule has 5 nitrogen and oxygen atoms in total. The molecular weight excluding hydrogens is 284 g/mol.